The van der Waals surface area contributed by atoms with Crippen molar-refractivity contribution in [3.63, 3.8) is 0 Å². The smallest absolute Gasteiger partial charge is 0.326 e. The first-order valence-corrected chi connectivity index (χ1v) is 9.55. The number of carboxylic acid groups (broad SMARTS) is 1. The average Bonchev–Trinajstić information content (AvgIpc) is 2.99. The second-order valence-electron chi connectivity index (χ2n) is 9.00. The molecule has 4 bridgehead atoms. The first kappa shape index (κ1) is 15.4. The Morgan fingerprint density at radius 1 is 1.20 bits per heavy atom. The van der Waals surface area contributed by atoms with Gasteiger partial charge in [-0.05, 0) is 61.7 Å². The number of rotatable bonds is 3. The van der Waals surface area contributed by atoms with Crippen LogP contribution >= 0.6 is 0 Å². The van der Waals surface area contributed by atoms with E-state index >= 15 is 0 Å². The highest BCUT2D eigenvalue weighted by atomic mass is 16.4. The summed E-state index contributed by atoms with van der Waals surface area (Å²) in [5.41, 5.74) is 1.81. The molecule has 6 heteroatoms. The molecule has 1 aliphatic heterocycles. The van der Waals surface area contributed by atoms with Crippen molar-refractivity contribution in [1.82, 2.24) is 14.9 Å². The molecule has 1 amide bonds. The summed E-state index contributed by atoms with van der Waals surface area (Å²) in [7, 11) is 0. The van der Waals surface area contributed by atoms with E-state index in [1.807, 2.05) is 0 Å². The van der Waals surface area contributed by atoms with E-state index in [0.29, 0.717) is 19.4 Å². The molecule has 0 radical (unpaired) electrons. The van der Waals surface area contributed by atoms with Gasteiger partial charge in [-0.15, -0.1) is 0 Å². The standard InChI is InChI=1S/C19H25N3O3/c23-17(8-19-5-11-1-12(6-19)3-13(2-11)7-19)22-9-15-14(20-10-21-15)4-16(22)18(24)25/h10-13,16H,1-9H2,(H,20,21)(H,24,25)/t11?,12?,13?,16-,19?/m1/s1. The number of aromatic amines is 1. The zero-order valence-corrected chi connectivity index (χ0v) is 14.4. The second-order valence-corrected chi connectivity index (χ2v) is 9.00. The number of H-pyrrole nitrogens is 1. The zero-order chi connectivity index (χ0) is 17.2. The maximum Gasteiger partial charge on any atom is 0.326 e. The van der Waals surface area contributed by atoms with Crippen molar-refractivity contribution in [3.8, 4) is 0 Å². The van der Waals surface area contributed by atoms with E-state index < -0.39 is 12.0 Å². The van der Waals surface area contributed by atoms with E-state index in [1.165, 1.54) is 38.5 Å². The van der Waals surface area contributed by atoms with Crippen molar-refractivity contribution in [2.45, 2.75) is 64.0 Å². The first-order chi connectivity index (χ1) is 12.0. The van der Waals surface area contributed by atoms with Crippen molar-refractivity contribution in [2.24, 2.45) is 23.2 Å². The molecule has 0 aromatic carbocycles. The first-order valence-electron chi connectivity index (χ1n) is 9.55. The fraction of sp³-hybridized carbons (Fsp3) is 0.737. The van der Waals surface area contributed by atoms with Crippen LogP contribution < -0.4 is 0 Å². The third-order valence-electron chi connectivity index (χ3n) is 7.20. The molecule has 0 spiro atoms. The number of nitrogens with one attached hydrogen (secondary N) is 1. The number of hydrogen-bond acceptors (Lipinski definition) is 3. The highest BCUT2D eigenvalue weighted by Crippen LogP contribution is 2.61. The van der Waals surface area contributed by atoms with Gasteiger partial charge in [0.25, 0.3) is 0 Å². The number of hydrogen-bond donors (Lipinski definition) is 2. The van der Waals surface area contributed by atoms with Crippen molar-refractivity contribution in [1.29, 1.82) is 0 Å². The third kappa shape index (κ3) is 2.49. The summed E-state index contributed by atoms with van der Waals surface area (Å²) < 4.78 is 0. The molecule has 0 saturated heterocycles. The van der Waals surface area contributed by atoms with Crippen LogP contribution in [0.15, 0.2) is 6.33 Å². The van der Waals surface area contributed by atoms with Crippen molar-refractivity contribution in [2.75, 3.05) is 0 Å². The predicted molar refractivity (Wildman–Crippen MR) is 89.5 cm³/mol. The number of aliphatic carboxylic acids is 1. The van der Waals surface area contributed by atoms with E-state index in [4.69, 9.17) is 0 Å². The topological polar surface area (TPSA) is 86.3 Å². The molecule has 1 aromatic heterocycles. The van der Waals surface area contributed by atoms with Crippen LogP contribution in [0.25, 0.3) is 0 Å². The number of fused-ring (bicyclic) bond motifs is 1. The van der Waals surface area contributed by atoms with E-state index in [0.717, 1.165) is 29.1 Å². The molecule has 25 heavy (non-hydrogen) atoms. The molecular weight excluding hydrogens is 318 g/mol. The Hall–Kier alpha value is -1.85. The predicted octanol–water partition coefficient (Wildman–Crippen LogP) is 2.35. The molecular formula is C19H25N3O3. The summed E-state index contributed by atoms with van der Waals surface area (Å²) >= 11 is 0. The number of carboxylic acids is 1. The summed E-state index contributed by atoms with van der Waals surface area (Å²) in [4.78, 5) is 33.7. The second kappa shape index (κ2) is 5.32. The highest BCUT2D eigenvalue weighted by Gasteiger charge is 2.52. The largest absolute Gasteiger partial charge is 0.480 e. The molecule has 1 atom stereocenters. The monoisotopic (exact) mass is 343 g/mol. The van der Waals surface area contributed by atoms with Gasteiger partial charge < -0.3 is 15.0 Å². The maximum absolute atomic E-state index is 13.2. The number of carbonyl (C=O) groups is 2. The van der Waals surface area contributed by atoms with E-state index in [1.54, 1.807) is 11.2 Å². The molecule has 4 fully saturated rings. The van der Waals surface area contributed by atoms with Gasteiger partial charge in [0.15, 0.2) is 0 Å². The molecule has 2 heterocycles. The number of nitrogens with zero attached hydrogens (tertiary/aromatic N) is 2. The van der Waals surface area contributed by atoms with Crippen LogP contribution in [-0.4, -0.2) is 37.9 Å². The van der Waals surface area contributed by atoms with E-state index in [-0.39, 0.29) is 11.3 Å². The molecule has 134 valence electrons. The summed E-state index contributed by atoms with van der Waals surface area (Å²) in [5, 5.41) is 9.62. The highest BCUT2D eigenvalue weighted by molar-refractivity contribution is 5.84. The third-order valence-corrected chi connectivity index (χ3v) is 7.20. The van der Waals surface area contributed by atoms with Gasteiger partial charge in [-0.25, -0.2) is 9.78 Å². The summed E-state index contributed by atoms with van der Waals surface area (Å²) in [5.74, 6) is 1.50. The lowest BCUT2D eigenvalue weighted by Gasteiger charge is -2.57. The number of imidazole rings is 1. The van der Waals surface area contributed by atoms with E-state index in [9.17, 15) is 14.7 Å². The number of carbonyl (C=O) groups excluding carboxylic acids is 1. The minimum atomic E-state index is -0.924. The summed E-state index contributed by atoms with van der Waals surface area (Å²) in [6, 6.07) is -0.780. The quantitative estimate of drug-likeness (QED) is 0.882. The van der Waals surface area contributed by atoms with Crippen LogP contribution in [0.1, 0.15) is 56.3 Å². The van der Waals surface area contributed by atoms with Crippen LogP contribution in [0, 0.1) is 23.2 Å². The van der Waals surface area contributed by atoms with Gasteiger partial charge in [0.05, 0.1) is 24.3 Å². The van der Waals surface area contributed by atoms with Crippen LogP contribution in [-0.2, 0) is 22.6 Å². The van der Waals surface area contributed by atoms with Gasteiger partial charge in [0.1, 0.15) is 6.04 Å². The Kier molecular flexibility index (Phi) is 3.28. The Morgan fingerprint density at radius 3 is 2.44 bits per heavy atom. The molecule has 2 N–H and O–H groups in total. The Labute approximate surface area is 147 Å². The maximum atomic E-state index is 13.2. The fourth-order valence-electron chi connectivity index (χ4n) is 6.65. The van der Waals surface area contributed by atoms with Crippen LogP contribution in [0.2, 0.25) is 0 Å². The Bertz CT molecular complexity index is 690. The van der Waals surface area contributed by atoms with Gasteiger partial charge >= 0.3 is 5.97 Å². The van der Waals surface area contributed by atoms with Gasteiger partial charge in [-0.1, -0.05) is 0 Å². The fourth-order valence-corrected chi connectivity index (χ4v) is 6.65. The minimum Gasteiger partial charge on any atom is -0.480 e. The summed E-state index contributed by atoms with van der Waals surface area (Å²) in [6.45, 7) is 0.345. The van der Waals surface area contributed by atoms with Crippen LogP contribution in [0.3, 0.4) is 0 Å². The van der Waals surface area contributed by atoms with E-state index in [2.05, 4.69) is 9.97 Å². The molecule has 6 nitrogen and oxygen atoms in total. The molecule has 6 rings (SSSR count). The molecule has 0 unspecified atom stereocenters. The lowest BCUT2D eigenvalue weighted by atomic mass is 9.49. The van der Waals surface area contributed by atoms with Crippen molar-refractivity contribution in [3.05, 3.63) is 17.7 Å². The normalized spacial score (nSPS) is 38.6. The SMILES string of the molecule is O=C(O)[C@H]1Cc2nc[nH]c2CN1C(=O)CC12CC3CC(CC(C3)C1)C2. The van der Waals surface area contributed by atoms with Crippen LogP contribution in [0.5, 0.6) is 0 Å². The van der Waals surface area contributed by atoms with Gasteiger partial charge in [-0.2, -0.15) is 0 Å². The van der Waals surface area contributed by atoms with Gasteiger partial charge in [0.2, 0.25) is 5.91 Å². The molecule has 4 aliphatic carbocycles. The van der Waals surface area contributed by atoms with Gasteiger partial charge in [0, 0.05) is 12.8 Å². The van der Waals surface area contributed by atoms with Crippen LogP contribution in [0.4, 0.5) is 0 Å². The lowest BCUT2D eigenvalue weighted by Crippen LogP contribution is -2.52. The Morgan fingerprint density at radius 2 is 1.84 bits per heavy atom. The minimum absolute atomic E-state index is 0.0228. The molecule has 4 saturated carbocycles. The Balaban J connectivity index is 1.37. The summed E-state index contributed by atoms with van der Waals surface area (Å²) in [6.07, 6.45) is 10.0. The number of amides is 1. The lowest BCUT2D eigenvalue weighted by molar-refractivity contribution is -0.155. The zero-order valence-electron chi connectivity index (χ0n) is 14.4. The molecule has 1 aromatic rings. The number of aromatic nitrogens is 2. The molecule has 5 aliphatic rings. The average molecular weight is 343 g/mol. The van der Waals surface area contributed by atoms with Gasteiger partial charge in [-0.3, -0.25) is 4.79 Å². The van der Waals surface area contributed by atoms with Crippen molar-refractivity contribution < 1.29 is 14.7 Å². The van der Waals surface area contributed by atoms with Crippen molar-refractivity contribution >= 4 is 11.9 Å².